The van der Waals surface area contributed by atoms with Crippen molar-refractivity contribution in [3.8, 4) is 5.75 Å². The molecule has 54 heavy (non-hydrogen) atoms. The van der Waals surface area contributed by atoms with E-state index in [1.165, 1.54) is 24.0 Å². The molecule has 4 heterocycles. The van der Waals surface area contributed by atoms with Gasteiger partial charge in [0.15, 0.2) is 0 Å². The summed E-state index contributed by atoms with van der Waals surface area (Å²) in [5.41, 5.74) is 3.56. The van der Waals surface area contributed by atoms with Gasteiger partial charge in [0, 0.05) is 87.9 Å². The first-order chi connectivity index (χ1) is 25.9. The molecule has 1 N–H and O–H groups in total. The number of carbonyl (C=O) groups is 2. The Bertz CT molecular complexity index is 1860. The van der Waals surface area contributed by atoms with E-state index in [1.807, 2.05) is 30.0 Å². The number of ether oxygens (including phenoxy) is 1. The van der Waals surface area contributed by atoms with E-state index >= 15 is 0 Å². The van der Waals surface area contributed by atoms with Crippen molar-refractivity contribution >= 4 is 39.1 Å². The number of rotatable bonds is 2. The Kier molecular flexibility index (Phi) is 10.7. The molecule has 1 saturated carbocycles. The third kappa shape index (κ3) is 7.51. The van der Waals surface area contributed by atoms with Gasteiger partial charge >= 0.3 is 0 Å². The summed E-state index contributed by atoms with van der Waals surface area (Å²) in [4.78, 5) is 35.7. The van der Waals surface area contributed by atoms with Crippen LogP contribution in [0, 0.1) is 23.7 Å². The molecule has 2 aromatic carbocycles. The first kappa shape index (κ1) is 38.0. The SMILES string of the molecule is CC(=O)N1CCN2CCN(C[C@@H]3CCC[C@H](C)[C@@H](C)S(=O)(=O)NC(=O)c4ccc5c(c4)N(C[C@@H]4CC[C@@H]34)C[C@@]3(CCCc4cc(Cl)ccc43)CO5)C[C@H]2C1. The summed E-state index contributed by atoms with van der Waals surface area (Å²) >= 11 is 6.51. The molecule has 1 spiro atoms. The molecule has 2 amide bonds. The molecule has 2 saturated heterocycles. The Hall–Kier alpha value is -2.86. The normalized spacial score (nSPS) is 33.3. The molecular weight excluding hydrogens is 722 g/mol. The maximum absolute atomic E-state index is 13.6. The summed E-state index contributed by atoms with van der Waals surface area (Å²) in [6.45, 7) is 14.3. The quantitative estimate of drug-likeness (QED) is 0.423. The Morgan fingerprint density at radius 1 is 0.981 bits per heavy atom. The predicted molar refractivity (Wildman–Crippen MR) is 213 cm³/mol. The minimum atomic E-state index is -3.90. The molecule has 6 aliphatic rings. The van der Waals surface area contributed by atoms with E-state index in [4.69, 9.17) is 16.3 Å². The standard InChI is InChI=1S/C42H58ClN5O5S/c1-28-6-4-7-33(22-45-16-17-46-18-19-47(30(3)49)25-36(46)24-45)37-12-9-34(37)23-48-26-42(15-5-8-31-20-35(43)11-13-38(31)42)27-53-40-14-10-32(21-39(40)48)41(50)44-54(51,52)29(28)2/h10-11,13-14,20-21,28-29,33-34,36-37H,4-9,12,15-19,22-27H2,1-3H3,(H,44,50)/t28-,29+,33-,34-,36-,37-,42-/m0/s1. The Morgan fingerprint density at radius 2 is 1.81 bits per heavy atom. The fourth-order valence-electron chi connectivity index (χ4n) is 10.7. The summed E-state index contributed by atoms with van der Waals surface area (Å²) in [5.74, 6) is 1.78. The van der Waals surface area contributed by atoms with Crippen molar-refractivity contribution in [1.82, 2.24) is 19.4 Å². The van der Waals surface area contributed by atoms with Crippen LogP contribution in [0.15, 0.2) is 36.4 Å². The van der Waals surface area contributed by atoms with E-state index in [-0.39, 0.29) is 17.2 Å². The number of amides is 2. The van der Waals surface area contributed by atoms with E-state index in [2.05, 4.69) is 31.6 Å². The van der Waals surface area contributed by atoms with Gasteiger partial charge in [-0.2, -0.15) is 0 Å². The van der Waals surface area contributed by atoms with E-state index in [0.717, 1.165) is 114 Å². The van der Waals surface area contributed by atoms with Gasteiger partial charge in [0.25, 0.3) is 5.91 Å². The molecule has 2 aromatic rings. The predicted octanol–water partition coefficient (Wildman–Crippen LogP) is 5.57. The topological polar surface area (TPSA) is 102 Å². The van der Waals surface area contributed by atoms with Crippen molar-refractivity contribution in [2.75, 3.05) is 70.4 Å². The largest absolute Gasteiger partial charge is 0.490 e. The molecule has 2 bridgehead atoms. The van der Waals surface area contributed by atoms with Gasteiger partial charge in [0.05, 0.1) is 17.5 Å². The summed E-state index contributed by atoms with van der Waals surface area (Å²) in [5, 5.41) is 0.0561. The Morgan fingerprint density at radius 3 is 2.61 bits per heavy atom. The van der Waals surface area contributed by atoms with Crippen LogP contribution < -0.4 is 14.4 Å². The zero-order valence-electron chi connectivity index (χ0n) is 32.3. The maximum atomic E-state index is 13.6. The Labute approximate surface area is 326 Å². The third-order valence-corrected chi connectivity index (χ3v) is 16.5. The number of aryl methyl sites for hydroxylation is 1. The second kappa shape index (κ2) is 15.2. The smallest absolute Gasteiger partial charge is 0.264 e. The lowest BCUT2D eigenvalue weighted by atomic mass is 9.65. The molecule has 3 fully saturated rings. The molecule has 0 radical (unpaired) electrons. The van der Waals surface area contributed by atoms with Crippen LogP contribution in [0.5, 0.6) is 5.75 Å². The van der Waals surface area contributed by atoms with Crippen LogP contribution in [-0.4, -0.2) is 112 Å². The molecule has 0 unspecified atom stereocenters. The fourth-order valence-corrected chi connectivity index (χ4v) is 12.3. The molecular formula is C42H58ClN5O5S. The van der Waals surface area contributed by atoms with Crippen LogP contribution in [0.25, 0.3) is 0 Å². The third-order valence-electron chi connectivity index (χ3n) is 14.3. The van der Waals surface area contributed by atoms with Crippen molar-refractivity contribution < 1.29 is 22.7 Å². The van der Waals surface area contributed by atoms with Crippen molar-refractivity contribution in [3.05, 3.63) is 58.1 Å². The minimum Gasteiger partial charge on any atom is -0.490 e. The lowest BCUT2D eigenvalue weighted by molar-refractivity contribution is -0.133. The summed E-state index contributed by atoms with van der Waals surface area (Å²) < 4.78 is 36.4. The van der Waals surface area contributed by atoms with Gasteiger partial charge in [-0.05, 0) is 117 Å². The van der Waals surface area contributed by atoms with Crippen LogP contribution in [-0.2, 0) is 26.7 Å². The van der Waals surface area contributed by atoms with E-state index in [1.54, 1.807) is 19.9 Å². The number of nitrogens with one attached hydrogen (secondary N) is 1. The molecule has 7 atom stereocenters. The second-order valence-corrected chi connectivity index (χ2v) is 20.0. The number of hydrogen-bond donors (Lipinski definition) is 1. The first-order valence-corrected chi connectivity index (χ1v) is 22.4. The van der Waals surface area contributed by atoms with Gasteiger partial charge in [-0.25, -0.2) is 13.1 Å². The first-order valence-electron chi connectivity index (χ1n) is 20.5. The highest BCUT2D eigenvalue weighted by molar-refractivity contribution is 7.90. The average Bonchev–Trinajstić information content (AvgIpc) is 3.28. The number of sulfonamides is 1. The number of piperazine rings is 2. The van der Waals surface area contributed by atoms with E-state index < -0.39 is 21.2 Å². The van der Waals surface area contributed by atoms with E-state index in [9.17, 15) is 18.0 Å². The highest BCUT2D eigenvalue weighted by Gasteiger charge is 2.45. The van der Waals surface area contributed by atoms with Crippen molar-refractivity contribution in [2.45, 2.75) is 88.8 Å². The molecule has 294 valence electrons. The minimum absolute atomic E-state index is 0.0928. The summed E-state index contributed by atoms with van der Waals surface area (Å²) in [6, 6.07) is 12.1. The number of nitrogens with zero attached hydrogens (tertiary/aromatic N) is 4. The van der Waals surface area contributed by atoms with Gasteiger partial charge in [0.1, 0.15) is 5.75 Å². The highest BCUT2D eigenvalue weighted by atomic mass is 35.5. The molecule has 12 heteroatoms. The zero-order chi connectivity index (χ0) is 37.8. The maximum Gasteiger partial charge on any atom is 0.264 e. The lowest BCUT2D eigenvalue weighted by Crippen LogP contribution is -2.63. The summed E-state index contributed by atoms with van der Waals surface area (Å²) in [7, 11) is -3.90. The van der Waals surface area contributed by atoms with Crippen LogP contribution >= 0.6 is 11.6 Å². The van der Waals surface area contributed by atoms with Gasteiger partial charge in [0.2, 0.25) is 15.9 Å². The average molecular weight is 780 g/mol. The molecule has 2 aliphatic carbocycles. The Balaban J connectivity index is 1.12. The molecule has 4 aliphatic heterocycles. The van der Waals surface area contributed by atoms with Crippen LogP contribution in [0.2, 0.25) is 5.02 Å². The lowest BCUT2D eigenvalue weighted by Gasteiger charge is -2.50. The molecule has 10 nitrogen and oxygen atoms in total. The zero-order valence-corrected chi connectivity index (χ0v) is 33.8. The van der Waals surface area contributed by atoms with Crippen LogP contribution in [0.1, 0.15) is 87.2 Å². The monoisotopic (exact) mass is 779 g/mol. The number of fused-ring (bicyclic) bond motifs is 5. The van der Waals surface area contributed by atoms with Crippen LogP contribution in [0.4, 0.5) is 5.69 Å². The van der Waals surface area contributed by atoms with E-state index in [0.29, 0.717) is 36.0 Å². The number of carbonyl (C=O) groups excluding carboxylic acids is 2. The summed E-state index contributed by atoms with van der Waals surface area (Å²) in [6.07, 6.45) is 8.21. The fraction of sp³-hybridized carbons (Fsp3) is 0.667. The molecule has 8 rings (SSSR count). The number of halogens is 1. The van der Waals surface area contributed by atoms with Crippen molar-refractivity contribution in [2.24, 2.45) is 23.7 Å². The van der Waals surface area contributed by atoms with Gasteiger partial charge in [-0.1, -0.05) is 31.0 Å². The number of benzene rings is 2. The number of hydrogen-bond acceptors (Lipinski definition) is 8. The van der Waals surface area contributed by atoms with Gasteiger partial charge in [-0.15, -0.1) is 0 Å². The molecule has 0 aromatic heterocycles. The van der Waals surface area contributed by atoms with Crippen LogP contribution in [0.3, 0.4) is 0 Å². The number of anilines is 1. The van der Waals surface area contributed by atoms with Gasteiger partial charge in [-0.3, -0.25) is 14.5 Å². The van der Waals surface area contributed by atoms with Crippen molar-refractivity contribution in [3.63, 3.8) is 0 Å². The second-order valence-electron chi connectivity index (χ2n) is 17.6. The highest BCUT2D eigenvalue weighted by Crippen LogP contribution is 2.48. The van der Waals surface area contributed by atoms with Crippen molar-refractivity contribution in [1.29, 1.82) is 0 Å². The van der Waals surface area contributed by atoms with Gasteiger partial charge < -0.3 is 19.4 Å².